The van der Waals surface area contributed by atoms with Gasteiger partial charge in [-0.2, -0.15) is 0 Å². The lowest BCUT2D eigenvalue weighted by Gasteiger charge is -2.08. The molecule has 7 N–H and O–H groups in total. The first kappa shape index (κ1) is 20.4. The maximum atomic E-state index is 10.6. The van der Waals surface area contributed by atoms with E-state index in [1.165, 1.54) is 6.20 Å². The number of aromatic carboxylic acids is 1. The summed E-state index contributed by atoms with van der Waals surface area (Å²) >= 11 is 0. The number of aliphatic hydroxyl groups excluding tert-OH is 2. The fraction of sp³-hybridized carbons (Fsp3) is 0.385. The van der Waals surface area contributed by atoms with Gasteiger partial charge in [0.15, 0.2) is 12.2 Å². The third-order valence-electron chi connectivity index (χ3n) is 2.68. The van der Waals surface area contributed by atoms with Crippen LogP contribution in [-0.2, 0) is 9.59 Å². The molecule has 0 fully saturated rings. The Morgan fingerprint density at radius 3 is 1.91 bits per heavy atom. The molecule has 0 aliphatic carbocycles. The van der Waals surface area contributed by atoms with Gasteiger partial charge in [0.05, 0.1) is 5.56 Å². The van der Waals surface area contributed by atoms with Crippen LogP contribution in [0.15, 0.2) is 18.5 Å². The van der Waals surface area contributed by atoms with Crippen LogP contribution in [0.3, 0.4) is 0 Å². The Morgan fingerprint density at radius 1 is 1.09 bits per heavy atom. The lowest BCUT2D eigenvalue weighted by atomic mass is 10.1. The first-order valence-electron chi connectivity index (χ1n) is 6.37. The molecule has 0 aromatic carbocycles. The van der Waals surface area contributed by atoms with Gasteiger partial charge in [0.2, 0.25) is 0 Å². The van der Waals surface area contributed by atoms with E-state index in [2.05, 4.69) is 4.98 Å². The van der Waals surface area contributed by atoms with Crippen molar-refractivity contribution in [2.75, 3.05) is 0 Å². The molecule has 1 aromatic heterocycles. The Labute approximate surface area is 130 Å². The molecule has 2 unspecified atom stereocenters. The molecule has 0 aliphatic rings. The fourth-order valence-corrected chi connectivity index (χ4v) is 1.28. The molecule has 1 rings (SSSR count). The Morgan fingerprint density at radius 2 is 1.57 bits per heavy atom. The smallest absolute Gasteiger partial charge is 0.337 e. The van der Waals surface area contributed by atoms with E-state index >= 15 is 0 Å². The highest BCUT2D eigenvalue weighted by atomic mass is 16.4. The fourth-order valence-electron chi connectivity index (χ4n) is 1.28. The first-order valence-corrected chi connectivity index (χ1v) is 6.37. The van der Waals surface area contributed by atoms with Crippen LogP contribution in [0.2, 0.25) is 0 Å². The zero-order chi connectivity index (χ0) is 18.2. The van der Waals surface area contributed by atoms with E-state index in [-0.39, 0.29) is 11.6 Å². The van der Waals surface area contributed by atoms with Crippen molar-refractivity contribution in [3.8, 4) is 0 Å². The van der Waals surface area contributed by atoms with Gasteiger partial charge in [-0.25, -0.2) is 14.4 Å². The summed E-state index contributed by atoms with van der Waals surface area (Å²) in [4.78, 5) is 33.9. The zero-order valence-corrected chi connectivity index (χ0v) is 12.2. The highest BCUT2D eigenvalue weighted by Gasteiger charge is 2.29. The highest BCUT2D eigenvalue weighted by Crippen LogP contribution is 2.13. The van der Waals surface area contributed by atoms with Crippen LogP contribution in [-0.4, -0.2) is 60.6 Å². The van der Waals surface area contributed by atoms with Crippen molar-refractivity contribution in [3.05, 3.63) is 29.6 Å². The van der Waals surface area contributed by atoms with Gasteiger partial charge in [0.25, 0.3) is 0 Å². The van der Waals surface area contributed by atoms with Gasteiger partial charge < -0.3 is 31.3 Å². The number of pyridine rings is 1. The van der Waals surface area contributed by atoms with Crippen molar-refractivity contribution in [1.82, 2.24) is 4.98 Å². The van der Waals surface area contributed by atoms with Crippen LogP contribution in [0.4, 0.5) is 0 Å². The summed E-state index contributed by atoms with van der Waals surface area (Å²) in [5, 5.41) is 41.2. The van der Waals surface area contributed by atoms with E-state index in [9.17, 15) is 14.4 Å². The van der Waals surface area contributed by atoms with Crippen LogP contribution in [0.1, 0.15) is 35.3 Å². The predicted octanol–water partition coefficient (Wildman–Crippen LogP) is -0.933. The second kappa shape index (κ2) is 9.46. The first-order chi connectivity index (χ1) is 10.6. The van der Waals surface area contributed by atoms with Crippen LogP contribution < -0.4 is 5.73 Å². The minimum absolute atomic E-state index is 0.133. The zero-order valence-electron chi connectivity index (χ0n) is 12.2. The third-order valence-corrected chi connectivity index (χ3v) is 2.68. The number of nitrogens with two attached hydrogens (primary N) is 1. The van der Waals surface area contributed by atoms with Gasteiger partial charge in [-0.05, 0) is 18.1 Å². The summed E-state index contributed by atoms with van der Waals surface area (Å²) in [5.74, 6) is -4.51. The molecule has 10 nitrogen and oxygen atoms in total. The minimum atomic E-state index is -2.27. The summed E-state index contributed by atoms with van der Waals surface area (Å²) in [6.45, 7) is 1.94. The number of carboxylic acids is 3. The molecule has 0 aliphatic heterocycles. The number of carboxylic acid groups (broad SMARTS) is 3. The minimum Gasteiger partial charge on any atom is -0.479 e. The van der Waals surface area contributed by atoms with Gasteiger partial charge in [0.1, 0.15) is 0 Å². The number of hydrogen-bond donors (Lipinski definition) is 6. The van der Waals surface area contributed by atoms with Crippen LogP contribution in [0.5, 0.6) is 0 Å². The van der Waals surface area contributed by atoms with E-state index in [4.69, 9.17) is 31.3 Å². The van der Waals surface area contributed by atoms with Crippen LogP contribution in [0.25, 0.3) is 0 Å². The Hall–Kier alpha value is -2.56. The van der Waals surface area contributed by atoms with Crippen molar-refractivity contribution in [3.63, 3.8) is 0 Å². The SMILES string of the molecule is CC[C@@H](N)c1cncc(C(=O)O)c1.O=C(O)C(O)C(O)C(=O)O. The molecule has 10 heteroatoms. The lowest BCUT2D eigenvalue weighted by Crippen LogP contribution is -2.39. The second-order valence-corrected chi connectivity index (χ2v) is 4.39. The Balaban J connectivity index is 0.000000438. The molecule has 0 saturated heterocycles. The summed E-state index contributed by atoms with van der Waals surface area (Å²) in [7, 11) is 0. The molecule has 1 aromatic rings. The molecule has 3 atom stereocenters. The number of aliphatic hydroxyl groups is 2. The van der Waals surface area contributed by atoms with E-state index in [1.807, 2.05) is 6.92 Å². The third kappa shape index (κ3) is 6.82. The molecule has 0 amide bonds. The van der Waals surface area contributed by atoms with Crippen molar-refractivity contribution in [1.29, 1.82) is 0 Å². The van der Waals surface area contributed by atoms with E-state index in [0.717, 1.165) is 12.0 Å². The molecular weight excluding hydrogens is 312 g/mol. The van der Waals surface area contributed by atoms with Crippen molar-refractivity contribution >= 4 is 17.9 Å². The standard InChI is InChI=1S/C9H12N2O2.C4H6O6/c1-2-8(10)6-3-7(9(12)13)5-11-4-6;5-1(3(7)8)2(6)4(9)10/h3-5,8H,2,10H2,1H3,(H,12,13);1-2,5-6H,(H,7,8)(H,9,10)/t8-;/m1./s1. The molecular formula is C13H18N2O8. The van der Waals surface area contributed by atoms with E-state index < -0.39 is 30.1 Å². The maximum Gasteiger partial charge on any atom is 0.337 e. The monoisotopic (exact) mass is 330 g/mol. The average Bonchev–Trinajstić information content (AvgIpc) is 2.53. The van der Waals surface area contributed by atoms with Gasteiger partial charge in [-0.1, -0.05) is 6.92 Å². The highest BCUT2D eigenvalue weighted by molar-refractivity contribution is 5.87. The number of aliphatic carboxylic acids is 2. The van der Waals surface area contributed by atoms with Gasteiger partial charge in [-0.3, -0.25) is 4.98 Å². The number of nitrogens with zero attached hydrogens (tertiary/aromatic N) is 1. The van der Waals surface area contributed by atoms with Crippen LogP contribution in [0, 0.1) is 0 Å². The van der Waals surface area contributed by atoms with Crippen LogP contribution >= 0.6 is 0 Å². The molecule has 0 bridgehead atoms. The number of aromatic nitrogens is 1. The van der Waals surface area contributed by atoms with Gasteiger partial charge >= 0.3 is 17.9 Å². The average molecular weight is 330 g/mol. The number of rotatable bonds is 6. The Bertz CT molecular complexity index is 545. The van der Waals surface area contributed by atoms with Crippen molar-refractivity contribution in [2.45, 2.75) is 31.6 Å². The topological polar surface area (TPSA) is 191 Å². The quantitative estimate of drug-likeness (QED) is 0.379. The second-order valence-electron chi connectivity index (χ2n) is 4.39. The summed E-state index contributed by atoms with van der Waals surface area (Å²) < 4.78 is 0. The van der Waals surface area contributed by atoms with Gasteiger partial charge in [-0.15, -0.1) is 0 Å². The molecule has 0 spiro atoms. The molecule has 0 radical (unpaired) electrons. The molecule has 1 heterocycles. The predicted molar refractivity (Wildman–Crippen MR) is 75.7 cm³/mol. The summed E-state index contributed by atoms with van der Waals surface area (Å²) in [5.41, 5.74) is 6.68. The Kier molecular flexibility index (Phi) is 8.40. The normalized spacial score (nSPS) is 13.9. The number of hydrogen-bond acceptors (Lipinski definition) is 7. The maximum absolute atomic E-state index is 10.6. The van der Waals surface area contributed by atoms with E-state index in [0.29, 0.717) is 0 Å². The summed E-state index contributed by atoms with van der Waals surface area (Å²) in [6.07, 6.45) is -0.852. The van der Waals surface area contributed by atoms with Crippen molar-refractivity contribution in [2.24, 2.45) is 5.73 Å². The van der Waals surface area contributed by atoms with Gasteiger partial charge in [0, 0.05) is 18.4 Å². The number of carbonyl (C=O) groups is 3. The molecule has 23 heavy (non-hydrogen) atoms. The lowest BCUT2D eigenvalue weighted by molar-refractivity contribution is -0.165. The summed E-state index contributed by atoms with van der Waals surface area (Å²) in [6, 6.07) is 1.43. The molecule has 128 valence electrons. The molecule has 0 saturated carbocycles. The van der Waals surface area contributed by atoms with Crippen molar-refractivity contribution < 1.29 is 39.9 Å². The largest absolute Gasteiger partial charge is 0.479 e. The van der Waals surface area contributed by atoms with E-state index in [1.54, 1.807) is 12.3 Å².